The average molecular weight is 443 g/mol. The topological polar surface area (TPSA) is 49.6 Å². The molecule has 0 fully saturated rings. The second kappa shape index (κ2) is 7.90. The van der Waals surface area contributed by atoms with E-state index in [2.05, 4.69) is 16.0 Å². The summed E-state index contributed by atoms with van der Waals surface area (Å²) in [6.07, 6.45) is 1.70. The number of nitriles is 1. The molecule has 28 heavy (non-hydrogen) atoms. The molecule has 0 radical (unpaired) electrons. The maximum atomic E-state index is 9.66. The fourth-order valence-electron chi connectivity index (χ4n) is 2.73. The van der Waals surface area contributed by atoms with Gasteiger partial charge in [0.25, 0.3) is 0 Å². The van der Waals surface area contributed by atoms with E-state index in [0.717, 1.165) is 16.5 Å². The normalized spacial score (nSPS) is 11.6. The van der Waals surface area contributed by atoms with E-state index in [1.54, 1.807) is 18.2 Å². The lowest BCUT2D eigenvalue weighted by molar-refractivity contribution is 1.37. The standard InChI is InChI=1S/C21H10Cl3N3S/c22-15-5-6-16(17(23)9-15)19-11-28-21(27-19)14(10-25)8-13-7-12-3-1-2-4-18(12)26-20(13)24/h1-9,11H/b14-8+. The van der Waals surface area contributed by atoms with Crippen LogP contribution in [0.5, 0.6) is 0 Å². The number of nitrogens with zero attached hydrogens (tertiary/aromatic N) is 3. The summed E-state index contributed by atoms with van der Waals surface area (Å²) in [7, 11) is 0. The fraction of sp³-hybridized carbons (Fsp3) is 0. The first-order valence-corrected chi connectivity index (χ1v) is 10.1. The van der Waals surface area contributed by atoms with E-state index in [9.17, 15) is 5.26 Å². The SMILES string of the molecule is N#C/C(=C\c1cc2ccccc2nc1Cl)c1nc(-c2ccc(Cl)cc2Cl)cs1. The summed E-state index contributed by atoms with van der Waals surface area (Å²) < 4.78 is 0. The van der Waals surface area contributed by atoms with Gasteiger partial charge in [-0.2, -0.15) is 5.26 Å². The number of aromatic nitrogens is 2. The Labute approximate surface area is 180 Å². The lowest BCUT2D eigenvalue weighted by atomic mass is 10.1. The van der Waals surface area contributed by atoms with Crippen molar-refractivity contribution < 1.29 is 0 Å². The van der Waals surface area contributed by atoms with E-state index >= 15 is 0 Å². The number of thiazole rings is 1. The molecule has 4 rings (SSSR count). The minimum absolute atomic E-state index is 0.337. The molecule has 4 aromatic rings. The predicted octanol–water partition coefficient (Wildman–Crippen LogP) is 7.38. The maximum Gasteiger partial charge on any atom is 0.137 e. The van der Waals surface area contributed by atoms with Crippen LogP contribution in [0.1, 0.15) is 10.6 Å². The number of allylic oxidation sites excluding steroid dienone is 1. The molecule has 0 aliphatic carbocycles. The molecular formula is C21H10Cl3N3S. The molecule has 0 aliphatic rings. The molecule has 0 bridgehead atoms. The van der Waals surface area contributed by atoms with Crippen LogP contribution < -0.4 is 0 Å². The molecule has 2 aromatic carbocycles. The van der Waals surface area contributed by atoms with Crippen LogP contribution in [0.25, 0.3) is 33.8 Å². The van der Waals surface area contributed by atoms with Crippen LogP contribution in [0, 0.1) is 11.3 Å². The van der Waals surface area contributed by atoms with Gasteiger partial charge in [0.2, 0.25) is 0 Å². The van der Waals surface area contributed by atoms with Crippen LogP contribution in [0.2, 0.25) is 15.2 Å². The number of fused-ring (bicyclic) bond motifs is 1. The molecule has 7 heteroatoms. The van der Waals surface area contributed by atoms with Crippen molar-refractivity contribution >= 4 is 68.7 Å². The third-order valence-electron chi connectivity index (χ3n) is 4.07. The molecule has 0 atom stereocenters. The molecule has 2 aromatic heterocycles. The summed E-state index contributed by atoms with van der Waals surface area (Å²) >= 11 is 19.9. The number of benzene rings is 2. The van der Waals surface area contributed by atoms with Gasteiger partial charge in [-0.25, -0.2) is 9.97 Å². The largest absolute Gasteiger partial charge is 0.235 e. The van der Waals surface area contributed by atoms with Gasteiger partial charge in [0.05, 0.1) is 21.8 Å². The maximum absolute atomic E-state index is 9.66. The summed E-state index contributed by atoms with van der Waals surface area (Å²) in [6.45, 7) is 0. The second-order valence-electron chi connectivity index (χ2n) is 5.89. The van der Waals surface area contributed by atoms with Crippen molar-refractivity contribution in [1.82, 2.24) is 9.97 Å². The molecule has 0 spiro atoms. The highest BCUT2D eigenvalue weighted by atomic mass is 35.5. The Morgan fingerprint density at radius 1 is 1.04 bits per heavy atom. The number of hydrogen-bond donors (Lipinski definition) is 0. The predicted molar refractivity (Wildman–Crippen MR) is 118 cm³/mol. The summed E-state index contributed by atoms with van der Waals surface area (Å²) in [4.78, 5) is 8.96. The molecule has 136 valence electrons. The van der Waals surface area contributed by atoms with Gasteiger partial charge in [-0.1, -0.05) is 53.0 Å². The molecular weight excluding hydrogens is 433 g/mol. The van der Waals surface area contributed by atoms with Gasteiger partial charge in [0.15, 0.2) is 0 Å². The highest BCUT2D eigenvalue weighted by Gasteiger charge is 2.13. The zero-order chi connectivity index (χ0) is 19.7. The summed E-state index contributed by atoms with van der Waals surface area (Å²) in [5, 5.41) is 14.4. The van der Waals surface area contributed by atoms with Gasteiger partial charge in [-0.3, -0.25) is 0 Å². The van der Waals surface area contributed by atoms with Crippen LogP contribution >= 0.6 is 46.1 Å². The lowest BCUT2D eigenvalue weighted by Crippen LogP contribution is -1.87. The van der Waals surface area contributed by atoms with Gasteiger partial charge in [-0.05, 0) is 36.4 Å². The van der Waals surface area contributed by atoms with E-state index < -0.39 is 0 Å². The number of rotatable bonds is 3. The Morgan fingerprint density at radius 2 is 1.86 bits per heavy atom. The number of pyridine rings is 1. The molecule has 0 saturated carbocycles. The van der Waals surface area contributed by atoms with Crippen LogP contribution in [0.15, 0.2) is 53.9 Å². The summed E-state index contributed by atoms with van der Waals surface area (Å²) in [6, 6.07) is 17.0. The molecule has 2 heterocycles. The second-order valence-corrected chi connectivity index (χ2v) is 7.95. The first-order chi connectivity index (χ1) is 13.5. The van der Waals surface area contributed by atoms with Crippen LogP contribution in [-0.4, -0.2) is 9.97 Å². The van der Waals surface area contributed by atoms with Crippen LogP contribution in [0.4, 0.5) is 0 Å². The quantitative estimate of drug-likeness (QED) is 0.245. The van der Waals surface area contributed by atoms with E-state index in [-0.39, 0.29) is 0 Å². The van der Waals surface area contributed by atoms with Crippen molar-refractivity contribution in [2.24, 2.45) is 0 Å². The van der Waals surface area contributed by atoms with Crippen molar-refractivity contribution in [1.29, 1.82) is 5.26 Å². The third kappa shape index (κ3) is 3.76. The van der Waals surface area contributed by atoms with Crippen molar-refractivity contribution in [3.63, 3.8) is 0 Å². The van der Waals surface area contributed by atoms with E-state index in [0.29, 0.717) is 37.0 Å². The summed E-state index contributed by atoms with van der Waals surface area (Å²) in [5.41, 5.74) is 3.32. The molecule has 3 nitrogen and oxygen atoms in total. The fourth-order valence-corrected chi connectivity index (χ4v) is 4.22. The van der Waals surface area contributed by atoms with Gasteiger partial charge < -0.3 is 0 Å². The highest BCUT2D eigenvalue weighted by Crippen LogP contribution is 2.33. The minimum atomic E-state index is 0.337. The number of halogens is 3. The van der Waals surface area contributed by atoms with Gasteiger partial charge in [0, 0.05) is 26.9 Å². The van der Waals surface area contributed by atoms with Gasteiger partial charge >= 0.3 is 0 Å². The Hall–Kier alpha value is -2.42. The molecule has 0 N–H and O–H groups in total. The van der Waals surface area contributed by atoms with Crippen molar-refractivity contribution in [2.45, 2.75) is 0 Å². The van der Waals surface area contributed by atoms with E-state index in [1.165, 1.54) is 11.3 Å². The van der Waals surface area contributed by atoms with Crippen molar-refractivity contribution in [2.75, 3.05) is 0 Å². The number of hydrogen-bond acceptors (Lipinski definition) is 4. The third-order valence-corrected chi connectivity index (χ3v) is 5.79. The Balaban J connectivity index is 1.75. The Morgan fingerprint density at radius 3 is 2.64 bits per heavy atom. The Bertz CT molecular complexity index is 1270. The Kier molecular flexibility index (Phi) is 5.34. The summed E-state index contributed by atoms with van der Waals surface area (Å²) in [5.74, 6) is 0. The van der Waals surface area contributed by atoms with Gasteiger partial charge in [-0.15, -0.1) is 11.3 Å². The minimum Gasteiger partial charge on any atom is -0.235 e. The first kappa shape index (κ1) is 18.9. The zero-order valence-electron chi connectivity index (χ0n) is 14.2. The van der Waals surface area contributed by atoms with E-state index in [4.69, 9.17) is 34.8 Å². The van der Waals surface area contributed by atoms with Crippen molar-refractivity contribution in [3.05, 3.63) is 79.7 Å². The van der Waals surface area contributed by atoms with E-state index in [1.807, 2.05) is 41.8 Å². The monoisotopic (exact) mass is 441 g/mol. The molecule has 0 amide bonds. The smallest absolute Gasteiger partial charge is 0.137 e. The highest BCUT2D eigenvalue weighted by molar-refractivity contribution is 7.11. The molecule has 0 saturated heterocycles. The first-order valence-electron chi connectivity index (χ1n) is 8.13. The lowest BCUT2D eigenvalue weighted by Gasteiger charge is -2.03. The van der Waals surface area contributed by atoms with Gasteiger partial charge in [0.1, 0.15) is 16.2 Å². The zero-order valence-corrected chi connectivity index (χ0v) is 17.2. The molecule has 0 unspecified atom stereocenters. The van der Waals surface area contributed by atoms with Crippen LogP contribution in [-0.2, 0) is 0 Å². The average Bonchev–Trinajstić information content (AvgIpc) is 3.16. The van der Waals surface area contributed by atoms with Crippen molar-refractivity contribution in [3.8, 4) is 17.3 Å². The molecule has 0 aliphatic heterocycles. The van der Waals surface area contributed by atoms with Crippen LogP contribution in [0.3, 0.4) is 0 Å². The number of para-hydroxylation sites is 1.